The summed E-state index contributed by atoms with van der Waals surface area (Å²) >= 11 is 6.15. The van der Waals surface area contributed by atoms with Crippen molar-refractivity contribution in [3.05, 3.63) is 83.0 Å². The molecule has 138 valence electrons. The number of carbonyl (C=O) groups excluding carboxylic acids is 1. The average molecular weight is 381 g/mol. The summed E-state index contributed by atoms with van der Waals surface area (Å²) in [4.78, 5) is 18.7. The Morgan fingerprint density at radius 3 is 2.41 bits per heavy atom. The minimum absolute atomic E-state index is 0.197. The van der Waals surface area contributed by atoms with Gasteiger partial charge in [-0.05, 0) is 48.0 Å². The summed E-state index contributed by atoms with van der Waals surface area (Å²) in [6.45, 7) is 0.566. The Bertz CT molecular complexity index is 908. The molecule has 5 nitrogen and oxygen atoms in total. The highest BCUT2D eigenvalue weighted by atomic mass is 35.5. The lowest BCUT2D eigenvalue weighted by Gasteiger charge is -2.13. The van der Waals surface area contributed by atoms with Crippen molar-refractivity contribution in [3.8, 4) is 0 Å². The highest BCUT2D eigenvalue weighted by Gasteiger charge is 2.07. The minimum atomic E-state index is -0.197. The van der Waals surface area contributed by atoms with E-state index in [4.69, 9.17) is 11.6 Å². The maximum atomic E-state index is 12.4. The first-order valence-electron chi connectivity index (χ1n) is 8.55. The average Bonchev–Trinajstić information content (AvgIpc) is 2.68. The van der Waals surface area contributed by atoms with Crippen LogP contribution in [0.2, 0.25) is 5.02 Å². The molecule has 0 radical (unpaired) electrons. The Kier molecular flexibility index (Phi) is 5.94. The quantitative estimate of drug-likeness (QED) is 0.652. The van der Waals surface area contributed by atoms with Crippen LogP contribution in [0.5, 0.6) is 0 Å². The van der Waals surface area contributed by atoms with Crippen molar-refractivity contribution in [1.82, 2.24) is 4.98 Å². The lowest BCUT2D eigenvalue weighted by atomic mass is 10.2. The van der Waals surface area contributed by atoms with Gasteiger partial charge in [-0.3, -0.25) is 4.79 Å². The number of hydrogen-bond donors (Lipinski definition) is 2. The molecule has 1 heterocycles. The van der Waals surface area contributed by atoms with Crippen LogP contribution in [-0.4, -0.2) is 25.0 Å². The van der Waals surface area contributed by atoms with Gasteiger partial charge in [0.25, 0.3) is 5.91 Å². The van der Waals surface area contributed by atoms with Crippen LogP contribution in [0, 0.1) is 0 Å². The zero-order valence-corrected chi connectivity index (χ0v) is 16.0. The van der Waals surface area contributed by atoms with E-state index in [1.807, 2.05) is 67.5 Å². The Balaban J connectivity index is 1.59. The molecule has 2 N–H and O–H groups in total. The second-order valence-electron chi connectivity index (χ2n) is 6.27. The molecule has 0 aliphatic heterocycles. The maximum absolute atomic E-state index is 12.4. The lowest BCUT2D eigenvalue weighted by molar-refractivity contribution is 0.102. The Morgan fingerprint density at radius 2 is 1.78 bits per heavy atom. The molecule has 0 atom stereocenters. The van der Waals surface area contributed by atoms with Gasteiger partial charge in [0.05, 0.1) is 5.56 Å². The van der Waals surface area contributed by atoms with Crippen molar-refractivity contribution >= 4 is 34.7 Å². The van der Waals surface area contributed by atoms with Gasteiger partial charge in [-0.1, -0.05) is 29.8 Å². The number of halogens is 1. The summed E-state index contributed by atoms with van der Waals surface area (Å²) < 4.78 is 0. The molecule has 0 saturated carbocycles. The summed E-state index contributed by atoms with van der Waals surface area (Å²) in [6, 6.07) is 18.8. The van der Waals surface area contributed by atoms with Gasteiger partial charge >= 0.3 is 0 Å². The molecule has 0 aliphatic rings. The maximum Gasteiger partial charge on any atom is 0.257 e. The number of anilines is 3. The van der Waals surface area contributed by atoms with Gasteiger partial charge in [0.15, 0.2) is 0 Å². The van der Waals surface area contributed by atoms with Crippen LogP contribution in [0.25, 0.3) is 0 Å². The van der Waals surface area contributed by atoms with E-state index in [0.29, 0.717) is 22.9 Å². The van der Waals surface area contributed by atoms with Gasteiger partial charge in [0, 0.05) is 43.2 Å². The number of nitrogens with zero attached hydrogens (tertiary/aromatic N) is 2. The van der Waals surface area contributed by atoms with E-state index in [1.54, 1.807) is 18.3 Å². The molecule has 0 saturated heterocycles. The largest absolute Gasteiger partial charge is 0.378 e. The molecule has 2 aromatic carbocycles. The molecular formula is C21H21ClN4O. The minimum Gasteiger partial charge on any atom is -0.378 e. The van der Waals surface area contributed by atoms with Crippen LogP contribution >= 0.6 is 11.6 Å². The highest BCUT2D eigenvalue weighted by molar-refractivity contribution is 6.31. The summed E-state index contributed by atoms with van der Waals surface area (Å²) in [5.41, 5.74) is 3.30. The summed E-state index contributed by atoms with van der Waals surface area (Å²) in [5.74, 6) is 0.486. The van der Waals surface area contributed by atoms with Crippen molar-refractivity contribution in [2.45, 2.75) is 6.54 Å². The van der Waals surface area contributed by atoms with E-state index in [9.17, 15) is 4.79 Å². The fourth-order valence-corrected chi connectivity index (χ4v) is 2.71. The number of rotatable bonds is 6. The third-order valence-electron chi connectivity index (χ3n) is 4.09. The normalized spacial score (nSPS) is 10.3. The molecule has 3 rings (SSSR count). The SMILES string of the molecule is CN(C)c1ccc(NC(=O)c2ccc(NCc3ccccc3Cl)nc2)cc1. The number of carbonyl (C=O) groups is 1. The van der Waals surface area contributed by atoms with Gasteiger partial charge in [0.1, 0.15) is 5.82 Å². The first-order valence-corrected chi connectivity index (χ1v) is 8.93. The number of amides is 1. The summed E-state index contributed by atoms with van der Waals surface area (Å²) in [7, 11) is 3.95. The fourth-order valence-electron chi connectivity index (χ4n) is 2.51. The van der Waals surface area contributed by atoms with E-state index >= 15 is 0 Å². The molecule has 0 unspecified atom stereocenters. The van der Waals surface area contributed by atoms with Crippen LogP contribution in [0.1, 0.15) is 15.9 Å². The predicted octanol–water partition coefficient (Wildman–Crippen LogP) is 4.67. The highest BCUT2D eigenvalue weighted by Crippen LogP contribution is 2.18. The van der Waals surface area contributed by atoms with Crippen LogP contribution in [0.15, 0.2) is 66.9 Å². The zero-order valence-electron chi connectivity index (χ0n) is 15.2. The van der Waals surface area contributed by atoms with E-state index in [2.05, 4.69) is 15.6 Å². The van der Waals surface area contributed by atoms with Crippen LogP contribution < -0.4 is 15.5 Å². The van der Waals surface area contributed by atoms with Crippen molar-refractivity contribution in [1.29, 1.82) is 0 Å². The molecule has 0 aliphatic carbocycles. The van der Waals surface area contributed by atoms with Crippen LogP contribution in [0.3, 0.4) is 0 Å². The monoisotopic (exact) mass is 380 g/mol. The van der Waals surface area contributed by atoms with E-state index < -0.39 is 0 Å². The number of nitrogens with one attached hydrogen (secondary N) is 2. The Hall–Kier alpha value is -3.05. The van der Waals surface area contributed by atoms with Crippen LogP contribution in [-0.2, 0) is 6.54 Å². The van der Waals surface area contributed by atoms with Gasteiger partial charge in [-0.25, -0.2) is 4.98 Å². The zero-order chi connectivity index (χ0) is 19.2. The van der Waals surface area contributed by atoms with Gasteiger partial charge < -0.3 is 15.5 Å². The first kappa shape index (κ1) is 18.7. The molecule has 0 spiro atoms. The first-order chi connectivity index (χ1) is 13.0. The van der Waals surface area contributed by atoms with Crippen LogP contribution in [0.4, 0.5) is 17.2 Å². The fraction of sp³-hybridized carbons (Fsp3) is 0.143. The molecular weight excluding hydrogens is 360 g/mol. The number of pyridine rings is 1. The van der Waals surface area contributed by atoms with Gasteiger partial charge in [0.2, 0.25) is 0 Å². The lowest BCUT2D eigenvalue weighted by Crippen LogP contribution is -2.13. The molecule has 6 heteroatoms. The second-order valence-corrected chi connectivity index (χ2v) is 6.68. The molecule has 0 bridgehead atoms. The number of benzene rings is 2. The van der Waals surface area contributed by atoms with Crippen molar-refractivity contribution in [2.75, 3.05) is 29.6 Å². The second kappa shape index (κ2) is 8.56. The van der Waals surface area contributed by atoms with Crippen molar-refractivity contribution in [2.24, 2.45) is 0 Å². The van der Waals surface area contributed by atoms with E-state index in [-0.39, 0.29) is 5.91 Å². The summed E-state index contributed by atoms with van der Waals surface area (Å²) in [5, 5.41) is 6.79. The Morgan fingerprint density at radius 1 is 1.04 bits per heavy atom. The third-order valence-corrected chi connectivity index (χ3v) is 4.45. The number of hydrogen-bond acceptors (Lipinski definition) is 4. The van der Waals surface area contributed by atoms with Crippen molar-refractivity contribution < 1.29 is 4.79 Å². The molecule has 1 amide bonds. The number of aromatic nitrogens is 1. The smallest absolute Gasteiger partial charge is 0.257 e. The van der Waals surface area contributed by atoms with E-state index in [1.165, 1.54) is 0 Å². The van der Waals surface area contributed by atoms with Gasteiger partial charge in [-0.15, -0.1) is 0 Å². The third kappa shape index (κ3) is 4.99. The molecule has 1 aromatic heterocycles. The molecule has 3 aromatic rings. The molecule has 27 heavy (non-hydrogen) atoms. The topological polar surface area (TPSA) is 57.3 Å². The summed E-state index contributed by atoms with van der Waals surface area (Å²) in [6.07, 6.45) is 1.55. The predicted molar refractivity (Wildman–Crippen MR) is 112 cm³/mol. The molecule has 0 fully saturated rings. The van der Waals surface area contributed by atoms with E-state index in [0.717, 1.165) is 16.9 Å². The van der Waals surface area contributed by atoms with Crippen molar-refractivity contribution in [3.63, 3.8) is 0 Å². The standard InChI is InChI=1S/C21H21ClN4O/c1-26(2)18-10-8-17(9-11-18)25-21(27)16-7-12-20(24-14-16)23-13-15-5-3-4-6-19(15)22/h3-12,14H,13H2,1-2H3,(H,23,24)(H,25,27). The Labute approximate surface area is 164 Å². The van der Waals surface area contributed by atoms with Gasteiger partial charge in [-0.2, -0.15) is 0 Å².